The van der Waals surface area contributed by atoms with Crippen molar-refractivity contribution in [2.24, 2.45) is 5.73 Å². The fraction of sp³-hybridized carbons (Fsp3) is 0.474. The van der Waals surface area contributed by atoms with Crippen LogP contribution in [0.3, 0.4) is 0 Å². The number of nitrogens with two attached hydrogens (primary N) is 1. The van der Waals surface area contributed by atoms with Crippen LogP contribution >= 0.6 is 36.2 Å². The molecule has 1 aromatic carbocycles. The zero-order chi connectivity index (χ0) is 18.3. The summed E-state index contributed by atoms with van der Waals surface area (Å²) in [5, 5.41) is 5.93. The lowest BCUT2D eigenvalue weighted by Crippen LogP contribution is -2.53. The fourth-order valence-electron chi connectivity index (χ4n) is 2.65. The average molecular weight is 434 g/mol. The van der Waals surface area contributed by atoms with Crippen molar-refractivity contribution in [2.45, 2.75) is 45.6 Å². The number of thiazole rings is 1. The smallest absolute Gasteiger partial charge is 0.226 e. The third-order valence-corrected chi connectivity index (χ3v) is 5.39. The quantitative estimate of drug-likeness (QED) is 0.619. The van der Waals surface area contributed by atoms with Gasteiger partial charge in [0.2, 0.25) is 5.91 Å². The zero-order valence-corrected chi connectivity index (χ0v) is 18.4. The molecule has 0 saturated carbocycles. The molecule has 0 radical (unpaired) electrons. The summed E-state index contributed by atoms with van der Waals surface area (Å²) in [6.07, 6.45) is 1.91. The summed E-state index contributed by atoms with van der Waals surface area (Å²) in [5.41, 5.74) is 7.34. The van der Waals surface area contributed by atoms with Crippen LogP contribution in [-0.4, -0.2) is 29.6 Å². The van der Waals surface area contributed by atoms with E-state index in [9.17, 15) is 4.79 Å². The number of amides is 1. The van der Waals surface area contributed by atoms with Gasteiger partial charge in [-0.15, -0.1) is 36.2 Å². The lowest BCUT2D eigenvalue weighted by atomic mass is 9.92. The minimum atomic E-state index is -0.314. The highest BCUT2D eigenvalue weighted by molar-refractivity contribution is 7.13. The molecule has 5 nitrogen and oxygen atoms in total. The van der Waals surface area contributed by atoms with Crippen molar-refractivity contribution in [3.63, 3.8) is 0 Å². The number of carbonyl (C=O) groups excluding carboxylic acids is 1. The minimum absolute atomic E-state index is 0. The molecule has 1 aromatic heterocycles. The predicted octanol–water partition coefficient (Wildman–Crippen LogP) is 4.23. The second-order valence-corrected chi connectivity index (χ2v) is 6.88. The molecule has 0 unspecified atom stereocenters. The van der Waals surface area contributed by atoms with E-state index in [0.717, 1.165) is 34.9 Å². The number of hydrogen-bond donors (Lipinski definition) is 2. The molecule has 0 bridgehead atoms. The summed E-state index contributed by atoms with van der Waals surface area (Å²) >= 11 is 1.54. The number of nitrogens with zero attached hydrogens (tertiary/aromatic N) is 1. The Balaban J connectivity index is 0.00000338. The number of nitrogens with one attached hydrogen (secondary N) is 1. The van der Waals surface area contributed by atoms with E-state index < -0.39 is 0 Å². The first-order valence-electron chi connectivity index (χ1n) is 8.74. The molecule has 0 aliphatic carbocycles. The maximum atomic E-state index is 12.3. The first-order chi connectivity index (χ1) is 12.1. The normalized spacial score (nSPS) is 10.5. The predicted molar refractivity (Wildman–Crippen MR) is 117 cm³/mol. The van der Waals surface area contributed by atoms with Crippen LogP contribution in [0.15, 0.2) is 29.6 Å². The fourth-order valence-corrected chi connectivity index (χ4v) is 3.48. The molecule has 0 atom stereocenters. The topological polar surface area (TPSA) is 77.2 Å². The summed E-state index contributed by atoms with van der Waals surface area (Å²) in [6, 6.07) is 7.85. The van der Waals surface area contributed by atoms with Crippen LogP contribution in [0, 0.1) is 0 Å². The summed E-state index contributed by atoms with van der Waals surface area (Å²) in [4.78, 5) is 16.9. The van der Waals surface area contributed by atoms with Crippen LogP contribution in [0.25, 0.3) is 10.6 Å². The largest absolute Gasteiger partial charge is 0.494 e. The first-order valence-corrected chi connectivity index (χ1v) is 9.62. The van der Waals surface area contributed by atoms with Gasteiger partial charge in [-0.2, -0.15) is 0 Å². The third kappa shape index (κ3) is 6.96. The van der Waals surface area contributed by atoms with E-state index in [2.05, 4.69) is 10.3 Å². The number of hydrogen-bond acceptors (Lipinski definition) is 5. The Labute approximate surface area is 177 Å². The van der Waals surface area contributed by atoms with Gasteiger partial charge in [-0.1, -0.05) is 13.8 Å². The van der Waals surface area contributed by atoms with E-state index >= 15 is 0 Å². The molecule has 1 amide bonds. The molecular weight excluding hydrogens is 405 g/mol. The molecule has 0 aliphatic heterocycles. The Hall–Kier alpha value is -1.34. The van der Waals surface area contributed by atoms with Crippen LogP contribution in [0.1, 0.15) is 39.3 Å². The SMILES string of the molecule is CCOc1ccc(-c2nc(CC(=O)NC(CC)(CC)CN)cs2)cc1.Cl.Cl. The van der Waals surface area contributed by atoms with Crippen LogP contribution in [0.2, 0.25) is 0 Å². The lowest BCUT2D eigenvalue weighted by Gasteiger charge is -2.31. The van der Waals surface area contributed by atoms with Crippen molar-refractivity contribution >= 4 is 42.1 Å². The average Bonchev–Trinajstić information content (AvgIpc) is 3.09. The molecule has 8 heteroatoms. The molecule has 0 fully saturated rings. The number of aromatic nitrogens is 1. The van der Waals surface area contributed by atoms with E-state index in [0.29, 0.717) is 13.2 Å². The van der Waals surface area contributed by atoms with Crippen molar-refractivity contribution in [2.75, 3.05) is 13.2 Å². The molecule has 27 heavy (non-hydrogen) atoms. The highest BCUT2D eigenvalue weighted by Gasteiger charge is 2.26. The standard InChI is InChI=1S/C19H27N3O2S.2ClH/c1-4-19(5-2,13-20)22-17(23)11-15-12-25-18(21-15)14-7-9-16(10-8-14)24-6-3;;/h7-10,12H,4-6,11,13,20H2,1-3H3,(H,22,23);2*1H. The minimum Gasteiger partial charge on any atom is -0.494 e. The molecule has 0 saturated heterocycles. The zero-order valence-electron chi connectivity index (χ0n) is 16.0. The van der Waals surface area contributed by atoms with Gasteiger partial charge >= 0.3 is 0 Å². The van der Waals surface area contributed by atoms with Crippen molar-refractivity contribution in [1.29, 1.82) is 0 Å². The summed E-state index contributed by atoms with van der Waals surface area (Å²) < 4.78 is 5.45. The highest BCUT2D eigenvalue weighted by Crippen LogP contribution is 2.26. The molecule has 0 aliphatic rings. The molecule has 0 spiro atoms. The number of benzene rings is 1. The van der Waals surface area contributed by atoms with Gasteiger partial charge in [0.25, 0.3) is 0 Å². The molecule has 2 rings (SSSR count). The maximum Gasteiger partial charge on any atom is 0.226 e. The van der Waals surface area contributed by atoms with Crippen molar-refractivity contribution in [3.8, 4) is 16.3 Å². The van der Waals surface area contributed by atoms with Crippen LogP contribution < -0.4 is 15.8 Å². The van der Waals surface area contributed by atoms with Crippen LogP contribution in [0.5, 0.6) is 5.75 Å². The second-order valence-electron chi connectivity index (χ2n) is 6.02. The highest BCUT2D eigenvalue weighted by atomic mass is 35.5. The van der Waals surface area contributed by atoms with Crippen molar-refractivity contribution in [3.05, 3.63) is 35.3 Å². The second kappa shape index (κ2) is 12.2. The van der Waals surface area contributed by atoms with E-state index in [4.69, 9.17) is 10.5 Å². The molecule has 2 aromatic rings. The first kappa shape index (κ1) is 25.7. The van der Waals surface area contributed by atoms with Gasteiger partial charge in [-0.3, -0.25) is 4.79 Å². The van der Waals surface area contributed by atoms with E-state index in [-0.39, 0.29) is 42.7 Å². The van der Waals surface area contributed by atoms with Gasteiger partial charge in [-0.25, -0.2) is 4.98 Å². The Bertz CT molecular complexity index is 680. The van der Waals surface area contributed by atoms with Crippen LogP contribution in [-0.2, 0) is 11.2 Å². The lowest BCUT2D eigenvalue weighted by molar-refractivity contribution is -0.122. The molecule has 152 valence electrons. The monoisotopic (exact) mass is 433 g/mol. The number of ether oxygens (including phenoxy) is 1. The number of rotatable bonds is 9. The van der Waals surface area contributed by atoms with E-state index in [1.54, 1.807) is 11.3 Å². The molecule has 1 heterocycles. The van der Waals surface area contributed by atoms with Gasteiger partial charge < -0.3 is 15.8 Å². The Kier molecular flexibility index (Phi) is 11.6. The van der Waals surface area contributed by atoms with Crippen molar-refractivity contribution < 1.29 is 9.53 Å². The molecular formula is C19H29Cl2N3O2S. The Morgan fingerprint density at radius 2 is 1.81 bits per heavy atom. The van der Waals surface area contributed by atoms with Gasteiger partial charge in [0.1, 0.15) is 10.8 Å². The van der Waals surface area contributed by atoms with Crippen molar-refractivity contribution in [1.82, 2.24) is 10.3 Å². The Morgan fingerprint density at radius 3 is 2.33 bits per heavy atom. The summed E-state index contributed by atoms with van der Waals surface area (Å²) in [7, 11) is 0. The van der Waals surface area contributed by atoms with Gasteiger partial charge in [-0.05, 0) is 44.0 Å². The number of halogens is 2. The number of carbonyl (C=O) groups is 1. The van der Waals surface area contributed by atoms with Gasteiger partial charge in [0.15, 0.2) is 0 Å². The van der Waals surface area contributed by atoms with Gasteiger partial charge in [0.05, 0.1) is 24.3 Å². The maximum absolute atomic E-state index is 12.3. The summed E-state index contributed by atoms with van der Waals surface area (Å²) in [6.45, 7) is 7.14. The summed E-state index contributed by atoms with van der Waals surface area (Å²) in [5.74, 6) is 0.817. The van der Waals surface area contributed by atoms with E-state index in [1.165, 1.54) is 0 Å². The third-order valence-electron chi connectivity index (χ3n) is 4.45. The van der Waals surface area contributed by atoms with Gasteiger partial charge in [0, 0.05) is 17.5 Å². The Morgan fingerprint density at radius 1 is 1.19 bits per heavy atom. The van der Waals surface area contributed by atoms with E-state index in [1.807, 2.05) is 50.4 Å². The molecule has 3 N–H and O–H groups in total. The van der Waals surface area contributed by atoms with Crippen LogP contribution in [0.4, 0.5) is 0 Å².